The number of aromatic nitrogens is 1. The summed E-state index contributed by atoms with van der Waals surface area (Å²) < 4.78 is 0.627. The van der Waals surface area contributed by atoms with Gasteiger partial charge in [0.2, 0.25) is 0 Å². The number of hydrogen-bond donors (Lipinski definition) is 0. The van der Waals surface area contributed by atoms with E-state index in [9.17, 15) is 4.79 Å². The first kappa shape index (κ1) is 11.7. The Balaban J connectivity index is 2.72. The lowest BCUT2D eigenvalue weighted by atomic mass is 10.2. The van der Waals surface area contributed by atoms with Crippen LogP contribution >= 0.6 is 15.9 Å². The van der Waals surface area contributed by atoms with Gasteiger partial charge in [-0.1, -0.05) is 0 Å². The molecule has 0 spiro atoms. The fourth-order valence-electron chi connectivity index (χ4n) is 1.08. The van der Waals surface area contributed by atoms with Crippen LogP contribution < -0.4 is 0 Å². The van der Waals surface area contributed by atoms with Crippen molar-refractivity contribution >= 4 is 21.8 Å². The highest BCUT2D eigenvalue weighted by Crippen LogP contribution is 2.09. The predicted octanol–water partition coefficient (Wildman–Crippen LogP) is 1.83. The van der Waals surface area contributed by atoms with E-state index in [4.69, 9.17) is 5.26 Å². The molecule has 0 unspecified atom stereocenters. The third-order valence-corrected chi connectivity index (χ3v) is 2.31. The van der Waals surface area contributed by atoms with E-state index in [1.54, 1.807) is 25.4 Å². The molecule has 78 valence electrons. The van der Waals surface area contributed by atoms with Crippen LogP contribution in [0.25, 0.3) is 0 Å². The molecule has 15 heavy (non-hydrogen) atoms. The summed E-state index contributed by atoms with van der Waals surface area (Å²) in [6, 6.07) is 5.31. The smallest absolute Gasteiger partial charge is 0.253 e. The van der Waals surface area contributed by atoms with Crippen molar-refractivity contribution in [2.24, 2.45) is 0 Å². The van der Waals surface area contributed by atoms with Gasteiger partial charge in [-0.2, -0.15) is 5.26 Å². The molecule has 0 aliphatic carbocycles. The van der Waals surface area contributed by atoms with Crippen LogP contribution in [0.2, 0.25) is 0 Å². The standard InChI is InChI=1S/C10H10BrN3O/c1-14(6-2-4-12)10(15)8-3-5-13-9(11)7-8/h3,5,7H,2,6H2,1H3. The summed E-state index contributed by atoms with van der Waals surface area (Å²) in [5.74, 6) is -0.103. The molecule has 1 heterocycles. The fraction of sp³-hybridized carbons (Fsp3) is 0.300. The molecule has 1 rings (SSSR count). The van der Waals surface area contributed by atoms with E-state index in [1.807, 2.05) is 6.07 Å². The first-order chi connectivity index (χ1) is 7.15. The number of halogens is 1. The number of pyridine rings is 1. The zero-order valence-corrected chi connectivity index (χ0v) is 9.86. The van der Waals surface area contributed by atoms with Crippen LogP contribution in [-0.4, -0.2) is 29.4 Å². The van der Waals surface area contributed by atoms with Crippen molar-refractivity contribution in [2.75, 3.05) is 13.6 Å². The zero-order valence-electron chi connectivity index (χ0n) is 8.27. The van der Waals surface area contributed by atoms with Gasteiger partial charge in [0.15, 0.2) is 0 Å². The van der Waals surface area contributed by atoms with E-state index in [2.05, 4.69) is 20.9 Å². The Morgan fingerprint density at radius 2 is 2.47 bits per heavy atom. The highest BCUT2D eigenvalue weighted by atomic mass is 79.9. The molecular weight excluding hydrogens is 258 g/mol. The molecule has 0 saturated heterocycles. The first-order valence-corrected chi connectivity index (χ1v) is 5.18. The van der Waals surface area contributed by atoms with E-state index < -0.39 is 0 Å². The summed E-state index contributed by atoms with van der Waals surface area (Å²) in [7, 11) is 1.67. The van der Waals surface area contributed by atoms with Gasteiger partial charge in [0.25, 0.3) is 5.91 Å². The average Bonchev–Trinajstić information content (AvgIpc) is 2.24. The molecule has 1 aromatic rings. The first-order valence-electron chi connectivity index (χ1n) is 4.39. The van der Waals surface area contributed by atoms with E-state index >= 15 is 0 Å². The van der Waals surface area contributed by atoms with Crippen molar-refractivity contribution in [3.8, 4) is 6.07 Å². The van der Waals surface area contributed by atoms with Crippen LogP contribution in [0, 0.1) is 11.3 Å². The maximum atomic E-state index is 11.8. The van der Waals surface area contributed by atoms with Gasteiger partial charge in [-0.05, 0) is 28.1 Å². The number of rotatable bonds is 3. The number of amides is 1. The number of hydrogen-bond acceptors (Lipinski definition) is 3. The molecule has 0 fully saturated rings. The van der Waals surface area contributed by atoms with Gasteiger partial charge < -0.3 is 4.90 Å². The van der Waals surface area contributed by atoms with Gasteiger partial charge in [-0.15, -0.1) is 0 Å². The lowest BCUT2D eigenvalue weighted by molar-refractivity contribution is 0.0798. The quantitative estimate of drug-likeness (QED) is 0.786. The van der Waals surface area contributed by atoms with Crippen molar-refractivity contribution in [3.63, 3.8) is 0 Å². The number of nitrogens with zero attached hydrogens (tertiary/aromatic N) is 3. The molecule has 0 atom stereocenters. The molecule has 1 aromatic heterocycles. The Bertz CT molecular complexity index is 400. The third kappa shape index (κ3) is 3.33. The van der Waals surface area contributed by atoms with Gasteiger partial charge in [0, 0.05) is 25.4 Å². The molecule has 1 amide bonds. The Hall–Kier alpha value is -1.41. The Morgan fingerprint density at radius 3 is 3.07 bits per heavy atom. The average molecular weight is 268 g/mol. The number of nitriles is 1. The van der Waals surface area contributed by atoms with E-state index in [1.165, 1.54) is 4.90 Å². The van der Waals surface area contributed by atoms with Crippen molar-refractivity contribution < 1.29 is 4.79 Å². The molecule has 0 aliphatic heterocycles. The molecule has 0 bridgehead atoms. The van der Waals surface area contributed by atoms with Crippen molar-refractivity contribution in [1.29, 1.82) is 5.26 Å². The van der Waals surface area contributed by atoms with Crippen LogP contribution in [-0.2, 0) is 0 Å². The maximum Gasteiger partial charge on any atom is 0.253 e. The second kappa shape index (κ2) is 5.47. The highest BCUT2D eigenvalue weighted by molar-refractivity contribution is 9.10. The highest BCUT2D eigenvalue weighted by Gasteiger charge is 2.11. The molecule has 5 heteroatoms. The van der Waals surface area contributed by atoms with Crippen molar-refractivity contribution in [1.82, 2.24) is 9.88 Å². The molecule has 0 radical (unpaired) electrons. The Morgan fingerprint density at radius 1 is 1.73 bits per heavy atom. The molecule has 0 saturated carbocycles. The van der Waals surface area contributed by atoms with Crippen LogP contribution in [0.1, 0.15) is 16.8 Å². The molecule has 0 N–H and O–H groups in total. The third-order valence-electron chi connectivity index (χ3n) is 1.88. The summed E-state index contributed by atoms with van der Waals surface area (Å²) >= 11 is 3.20. The maximum absolute atomic E-state index is 11.8. The van der Waals surface area contributed by atoms with Gasteiger partial charge >= 0.3 is 0 Å². The normalized spacial score (nSPS) is 9.40. The van der Waals surface area contributed by atoms with Gasteiger partial charge in [-0.25, -0.2) is 4.98 Å². The predicted molar refractivity (Wildman–Crippen MR) is 59.1 cm³/mol. The molecule has 0 aromatic carbocycles. The van der Waals surface area contributed by atoms with E-state index in [0.717, 1.165) is 0 Å². The number of carbonyl (C=O) groups excluding carboxylic acids is 1. The molecule has 0 aliphatic rings. The molecule has 4 nitrogen and oxygen atoms in total. The zero-order chi connectivity index (χ0) is 11.3. The van der Waals surface area contributed by atoms with Crippen LogP contribution in [0.15, 0.2) is 22.9 Å². The summed E-state index contributed by atoms with van der Waals surface area (Å²) in [5.41, 5.74) is 0.567. The van der Waals surface area contributed by atoms with E-state index in [0.29, 0.717) is 23.1 Å². The van der Waals surface area contributed by atoms with Crippen LogP contribution in [0.5, 0.6) is 0 Å². The minimum Gasteiger partial charge on any atom is -0.341 e. The summed E-state index contributed by atoms with van der Waals surface area (Å²) in [5, 5.41) is 8.41. The van der Waals surface area contributed by atoms with Crippen LogP contribution in [0.3, 0.4) is 0 Å². The SMILES string of the molecule is CN(CCC#N)C(=O)c1ccnc(Br)c1. The largest absolute Gasteiger partial charge is 0.341 e. The minimum absolute atomic E-state index is 0.103. The van der Waals surface area contributed by atoms with Gasteiger partial charge in [0.05, 0.1) is 12.5 Å². The van der Waals surface area contributed by atoms with Crippen molar-refractivity contribution in [2.45, 2.75) is 6.42 Å². The second-order valence-corrected chi connectivity index (χ2v) is 3.81. The second-order valence-electron chi connectivity index (χ2n) is 3.00. The lowest BCUT2D eigenvalue weighted by Gasteiger charge is -2.15. The summed E-state index contributed by atoms with van der Waals surface area (Å²) in [6.45, 7) is 0.440. The van der Waals surface area contributed by atoms with Crippen LogP contribution in [0.4, 0.5) is 0 Å². The Kier molecular flexibility index (Phi) is 4.25. The lowest BCUT2D eigenvalue weighted by Crippen LogP contribution is -2.27. The summed E-state index contributed by atoms with van der Waals surface area (Å²) in [6.07, 6.45) is 1.91. The fourth-order valence-corrected chi connectivity index (χ4v) is 1.44. The van der Waals surface area contributed by atoms with Crippen molar-refractivity contribution in [3.05, 3.63) is 28.5 Å². The van der Waals surface area contributed by atoms with E-state index in [-0.39, 0.29) is 5.91 Å². The van der Waals surface area contributed by atoms with Gasteiger partial charge in [-0.3, -0.25) is 4.79 Å². The van der Waals surface area contributed by atoms with Gasteiger partial charge in [0.1, 0.15) is 4.60 Å². The Labute approximate surface area is 96.7 Å². The summed E-state index contributed by atoms with van der Waals surface area (Å²) in [4.78, 5) is 17.2. The number of carbonyl (C=O) groups is 1. The minimum atomic E-state index is -0.103. The monoisotopic (exact) mass is 267 g/mol. The topological polar surface area (TPSA) is 57.0 Å². The molecular formula is C10H10BrN3O.